The van der Waals surface area contributed by atoms with Crippen LogP contribution >= 0.6 is 0 Å². The van der Waals surface area contributed by atoms with Crippen LogP contribution < -0.4 is 15.8 Å². The molecule has 2 aliphatic rings. The van der Waals surface area contributed by atoms with E-state index >= 15 is 0 Å². The SMILES string of the molecule is C=C1C(c2cccnc2)=CNN1c1cc(NCCN2CCCCC2C)ncn1. The van der Waals surface area contributed by atoms with Crippen LogP contribution in [-0.4, -0.2) is 45.5 Å². The molecule has 2 aromatic heterocycles. The largest absolute Gasteiger partial charge is 0.369 e. The number of likely N-dealkylation sites (tertiary alicyclic amines) is 1. The fourth-order valence-corrected chi connectivity index (χ4v) is 3.77. The van der Waals surface area contributed by atoms with Crippen molar-refractivity contribution in [1.82, 2.24) is 25.3 Å². The average Bonchev–Trinajstić information content (AvgIpc) is 3.12. The van der Waals surface area contributed by atoms with Gasteiger partial charge in [-0.1, -0.05) is 19.1 Å². The van der Waals surface area contributed by atoms with E-state index in [0.717, 1.165) is 41.6 Å². The highest BCUT2D eigenvalue weighted by Crippen LogP contribution is 2.30. The van der Waals surface area contributed by atoms with Crippen molar-refractivity contribution in [2.75, 3.05) is 30.0 Å². The quantitative estimate of drug-likeness (QED) is 0.802. The molecule has 2 aromatic rings. The van der Waals surface area contributed by atoms with Gasteiger partial charge in [0.2, 0.25) is 0 Å². The van der Waals surface area contributed by atoms with Crippen LogP contribution in [0.1, 0.15) is 31.7 Å². The van der Waals surface area contributed by atoms with Gasteiger partial charge in [0, 0.05) is 54.9 Å². The summed E-state index contributed by atoms with van der Waals surface area (Å²) in [6.45, 7) is 9.62. The Balaban J connectivity index is 1.37. The Labute approximate surface area is 166 Å². The zero-order valence-corrected chi connectivity index (χ0v) is 16.3. The standard InChI is InChI=1S/C21H27N7/c1-16-6-3-4-10-27(16)11-9-23-20-12-21(25-15-24-20)28-17(2)19(14-26-28)18-7-5-8-22-13-18/h5,7-8,12-16,26H,2-4,6,9-11H2,1H3,(H,23,24,25). The number of hydrogen-bond acceptors (Lipinski definition) is 7. The van der Waals surface area contributed by atoms with Crippen LogP contribution in [0.25, 0.3) is 5.57 Å². The highest BCUT2D eigenvalue weighted by atomic mass is 15.5. The first kappa shape index (κ1) is 18.4. The Morgan fingerprint density at radius 2 is 2.25 bits per heavy atom. The van der Waals surface area contributed by atoms with Crippen molar-refractivity contribution < 1.29 is 0 Å². The molecule has 1 saturated heterocycles. The van der Waals surface area contributed by atoms with E-state index in [1.54, 1.807) is 12.5 Å². The highest BCUT2D eigenvalue weighted by Gasteiger charge is 2.22. The first-order valence-corrected chi connectivity index (χ1v) is 9.88. The number of allylic oxidation sites excluding steroid dienone is 1. The molecule has 4 heterocycles. The minimum Gasteiger partial charge on any atom is -0.369 e. The van der Waals surface area contributed by atoms with Gasteiger partial charge in [-0.15, -0.1) is 0 Å². The van der Waals surface area contributed by atoms with Gasteiger partial charge in [0.1, 0.15) is 12.1 Å². The first-order chi connectivity index (χ1) is 13.7. The Morgan fingerprint density at radius 3 is 3.07 bits per heavy atom. The van der Waals surface area contributed by atoms with Gasteiger partial charge in [-0.05, 0) is 32.4 Å². The van der Waals surface area contributed by atoms with Gasteiger partial charge in [0.15, 0.2) is 5.82 Å². The van der Waals surface area contributed by atoms with Crippen molar-refractivity contribution in [3.8, 4) is 0 Å². The molecule has 0 aromatic carbocycles. The molecule has 7 heteroatoms. The van der Waals surface area contributed by atoms with E-state index in [1.807, 2.05) is 35.6 Å². The van der Waals surface area contributed by atoms with Crippen LogP contribution in [0.3, 0.4) is 0 Å². The summed E-state index contributed by atoms with van der Waals surface area (Å²) in [6.07, 6.45) is 11.0. The van der Waals surface area contributed by atoms with Crippen molar-refractivity contribution >= 4 is 17.2 Å². The average molecular weight is 377 g/mol. The maximum absolute atomic E-state index is 4.40. The Kier molecular flexibility index (Phi) is 5.53. The minimum atomic E-state index is 0.672. The lowest BCUT2D eigenvalue weighted by Gasteiger charge is -2.33. The predicted octanol–water partition coefficient (Wildman–Crippen LogP) is 3.04. The maximum Gasteiger partial charge on any atom is 0.157 e. The first-order valence-electron chi connectivity index (χ1n) is 9.88. The van der Waals surface area contributed by atoms with Gasteiger partial charge < -0.3 is 5.32 Å². The molecule has 0 saturated carbocycles. The number of anilines is 2. The molecule has 28 heavy (non-hydrogen) atoms. The summed E-state index contributed by atoms with van der Waals surface area (Å²) >= 11 is 0. The lowest BCUT2D eigenvalue weighted by molar-refractivity contribution is 0.167. The monoisotopic (exact) mass is 377 g/mol. The van der Waals surface area contributed by atoms with Gasteiger partial charge >= 0.3 is 0 Å². The number of aromatic nitrogens is 3. The molecule has 0 amide bonds. The van der Waals surface area contributed by atoms with Gasteiger partial charge in [-0.25, -0.2) is 15.0 Å². The van der Waals surface area contributed by atoms with Gasteiger partial charge in [0.05, 0.1) is 5.70 Å². The number of pyridine rings is 1. The maximum atomic E-state index is 4.40. The Hall–Kier alpha value is -2.93. The minimum absolute atomic E-state index is 0.672. The summed E-state index contributed by atoms with van der Waals surface area (Å²) in [7, 11) is 0. The molecule has 0 aliphatic carbocycles. The van der Waals surface area contributed by atoms with Crippen LogP contribution in [0, 0.1) is 0 Å². The summed E-state index contributed by atoms with van der Waals surface area (Å²) in [4.78, 5) is 15.5. The molecule has 7 nitrogen and oxygen atoms in total. The second-order valence-electron chi connectivity index (χ2n) is 7.28. The smallest absolute Gasteiger partial charge is 0.157 e. The molecular formula is C21H27N7. The fourth-order valence-electron chi connectivity index (χ4n) is 3.77. The van der Waals surface area contributed by atoms with Crippen molar-refractivity contribution in [3.05, 3.63) is 61.0 Å². The highest BCUT2D eigenvalue weighted by molar-refractivity contribution is 5.84. The van der Waals surface area contributed by atoms with Crippen LogP contribution in [0.4, 0.5) is 11.6 Å². The van der Waals surface area contributed by atoms with E-state index in [-0.39, 0.29) is 0 Å². The van der Waals surface area contributed by atoms with E-state index in [9.17, 15) is 0 Å². The zero-order chi connectivity index (χ0) is 19.3. The van der Waals surface area contributed by atoms with Gasteiger partial charge in [0.25, 0.3) is 0 Å². The summed E-state index contributed by atoms with van der Waals surface area (Å²) in [6, 6.07) is 6.55. The third-order valence-corrected chi connectivity index (χ3v) is 5.42. The number of nitrogens with one attached hydrogen (secondary N) is 2. The van der Waals surface area contributed by atoms with Crippen molar-refractivity contribution in [2.24, 2.45) is 0 Å². The summed E-state index contributed by atoms with van der Waals surface area (Å²) in [5.41, 5.74) is 6.08. The molecule has 2 aliphatic heterocycles. The van der Waals surface area contributed by atoms with Crippen molar-refractivity contribution in [3.63, 3.8) is 0 Å². The second kappa shape index (κ2) is 8.39. The number of hydrazine groups is 1. The number of piperidine rings is 1. The lowest BCUT2D eigenvalue weighted by Crippen LogP contribution is -2.40. The van der Waals surface area contributed by atoms with Crippen LogP contribution in [0.15, 0.2) is 55.4 Å². The van der Waals surface area contributed by atoms with Crippen molar-refractivity contribution in [2.45, 2.75) is 32.2 Å². The molecular weight excluding hydrogens is 350 g/mol. The fraction of sp³-hybridized carbons (Fsp3) is 0.381. The summed E-state index contributed by atoms with van der Waals surface area (Å²) < 4.78 is 0. The zero-order valence-electron chi connectivity index (χ0n) is 16.3. The van der Waals surface area contributed by atoms with Crippen molar-refractivity contribution in [1.29, 1.82) is 0 Å². The number of nitrogens with zero attached hydrogens (tertiary/aromatic N) is 5. The number of hydrogen-bond donors (Lipinski definition) is 2. The second-order valence-corrected chi connectivity index (χ2v) is 7.28. The number of rotatable bonds is 6. The molecule has 1 unspecified atom stereocenters. The summed E-state index contributed by atoms with van der Waals surface area (Å²) in [5.74, 6) is 1.57. The van der Waals surface area contributed by atoms with Crippen LogP contribution in [-0.2, 0) is 0 Å². The topological polar surface area (TPSA) is 69.2 Å². The third-order valence-electron chi connectivity index (χ3n) is 5.42. The molecule has 0 spiro atoms. The third kappa shape index (κ3) is 3.99. The van der Waals surface area contributed by atoms with Gasteiger partial charge in [-0.3, -0.25) is 15.3 Å². The lowest BCUT2D eigenvalue weighted by atomic mass is 10.0. The molecule has 1 fully saturated rings. The van der Waals surface area contributed by atoms with Gasteiger partial charge in [-0.2, -0.15) is 0 Å². The predicted molar refractivity (Wildman–Crippen MR) is 112 cm³/mol. The summed E-state index contributed by atoms with van der Waals surface area (Å²) in [5, 5.41) is 5.29. The Bertz CT molecular complexity index is 849. The molecule has 2 N–H and O–H groups in total. The van der Waals surface area contributed by atoms with Crippen LogP contribution in [0.5, 0.6) is 0 Å². The van der Waals surface area contributed by atoms with E-state index < -0.39 is 0 Å². The van der Waals surface area contributed by atoms with Crippen LogP contribution in [0.2, 0.25) is 0 Å². The molecule has 0 bridgehead atoms. The normalized spacial score (nSPS) is 20.0. The molecule has 0 radical (unpaired) electrons. The van der Waals surface area contributed by atoms with E-state index in [2.05, 4.69) is 44.1 Å². The molecule has 146 valence electrons. The van der Waals surface area contributed by atoms with E-state index in [0.29, 0.717) is 6.04 Å². The Morgan fingerprint density at radius 1 is 1.32 bits per heavy atom. The van der Waals surface area contributed by atoms with E-state index in [1.165, 1.54) is 25.8 Å². The molecule has 1 atom stereocenters. The molecule has 4 rings (SSSR count). The van der Waals surface area contributed by atoms with E-state index in [4.69, 9.17) is 0 Å².